The van der Waals surface area contributed by atoms with E-state index >= 15 is 0 Å². The summed E-state index contributed by atoms with van der Waals surface area (Å²) in [6.45, 7) is 12.5. The Morgan fingerprint density at radius 1 is 0.556 bits per heavy atom. The van der Waals surface area contributed by atoms with Crippen molar-refractivity contribution in [2.45, 2.75) is 41.5 Å². The summed E-state index contributed by atoms with van der Waals surface area (Å²) in [5.41, 5.74) is 4.95. The van der Waals surface area contributed by atoms with Gasteiger partial charge in [-0.25, -0.2) is 0 Å². The molecule has 0 spiro atoms. The summed E-state index contributed by atoms with van der Waals surface area (Å²) in [5, 5.41) is 2.67. The Labute approximate surface area is 167 Å². The van der Waals surface area contributed by atoms with E-state index < -0.39 is 0 Å². The lowest BCUT2D eigenvalue weighted by molar-refractivity contribution is 1.17. The first-order valence-electron chi connectivity index (χ1n) is 9.23. The van der Waals surface area contributed by atoms with Crippen LogP contribution in [-0.4, -0.2) is 4.98 Å². The van der Waals surface area contributed by atoms with E-state index in [1.807, 2.05) is 37.4 Å². The summed E-state index contributed by atoms with van der Waals surface area (Å²) in [4.78, 5) is 6.88. The third-order valence-corrected chi connectivity index (χ3v) is 5.00. The number of benzene rings is 2. The number of hydrogen-bond acceptors (Lipinski definition) is 2. The molecule has 2 heteroatoms. The first-order valence-corrected chi connectivity index (χ1v) is 10.0. The standard InChI is InChI=1S/C12H12.C7H9N.C6H8S/c1-9-3-5-11-6-4-10(2)8-12(11)7-9;1-6-3-4-7(2)8-5-6;1-5-3-4-6(2)7-5/h3-8H,1-2H3;3-5H,1-2H3;3-4H,1-2H3. The van der Waals surface area contributed by atoms with Crippen molar-refractivity contribution < 1.29 is 0 Å². The summed E-state index contributed by atoms with van der Waals surface area (Å²) in [5.74, 6) is 0. The number of pyridine rings is 1. The molecule has 4 aromatic rings. The number of hydrogen-bond donors (Lipinski definition) is 0. The van der Waals surface area contributed by atoms with Crippen LogP contribution in [0.15, 0.2) is 66.9 Å². The molecular weight excluding hydrogens is 346 g/mol. The predicted molar refractivity (Wildman–Crippen MR) is 121 cm³/mol. The zero-order chi connectivity index (χ0) is 19.8. The monoisotopic (exact) mass is 375 g/mol. The molecule has 0 saturated carbocycles. The lowest BCUT2D eigenvalue weighted by Gasteiger charge is -1.99. The Hall–Kier alpha value is -2.45. The van der Waals surface area contributed by atoms with Gasteiger partial charge in [0.05, 0.1) is 0 Å². The molecule has 27 heavy (non-hydrogen) atoms. The number of nitrogens with zero attached hydrogens (tertiary/aromatic N) is 1. The van der Waals surface area contributed by atoms with Gasteiger partial charge in [0.1, 0.15) is 0 Å². The Morgan fingerprint density at radius 3 is 1.44 bits per heavy atom. The van der Waals surface area contributed by atoms with Crippen LogP contribution in [-0.2, 0) is 0 Å². The van der Waals surface area contributed by atoms with Gasteiger partial charge in [0.2, 0.25) is 0 Å². The van der Waals surface area contributed by atoms with E-state index in [0.717, 1.165) is 5.69 Å². The van der Waals surface area contributed by atoms with Gasteiger partial charge in [-0.05, 0) is 76.1 Å². The minimum atomic E-state index is 1.08. The molecule has 0 unspecified atom stereocenters. The van der Waals surface area contributed by atoms with Crippen molar-refractivity contribution in [3.63, 3.8) is 0 Å². The highest BCUT2D eigenvalue weighted by molar-refractivity contribution is 7.11. The van der Waals surface area contributed by atoms with Crippen molar-refractivity contribution in [2.24, 2.45) is 0 Å². The van der Waals surface area contributed by atoms with E-state index in [1.165, 1.54) is 37.2 Å². The van der Waals surface area contributed by atoms with E-state index in [9.17, 15) is 0 Å². The van der Waals surface area contributed by atoms with E-state index in [-0.39, 0.29) is 0 Å². The minimum absolute atomic E-state index is 1.08. The second-order valence-corrected chi connectivity index (χ2v) is 8.48. The molecule has 2 heterocycles. The summed E-state index contributed by atoms with van der Waals surface area (Å²) in [6.07, 6.45) is 1.87. The molecule has 0 saturated heterocycles. The Morgan fingerprint density at radius 2 is 1.07 bits per heavy atom. The van der Waals surface area contributed by atoms with E-state index in [2.05, 4.69) is 87.3 Å². The molecule has 2 aromatic carbocycles. The van der Waals surface area contributed by atoms with Crippen molar-refractivity contribution in [1.82, 2.24) is 4.98 Å². The maximum absolute atomic E-state index is 4.08. The molecule has 0 amide bonds. The van der Waals surface area contributed by atoms with Crippen LogP contribution in [0.25, 0.3) is 10.8 Å². The summed E-state index contributed by atoms with van der Waals surface area (Å²) in [6, 6.07) is 21.4. The second kappa shape index (κ2) is 10.0. The molecule has 0 aliphatic carbocycles. The van der Waals surface area contributed by atoms with Crippen LogP contribution in [0.3, 0.4) is 0 Å². The molecule has 0 fully saturated rings. The van der Waals surface area contributed by atoms with Gasteiger partial charge in [0.15, 0.2) is 0 Å². The van der Waals surface area contributed by atoms with Crippen molar-refractivity contribution in [2.75, 3.05) is 0 Å². The molecule has 0 atom stereocenters. The van der Waals surface area contributed by atoms with Gasteiger partial charge < -0.3 is 0 Å². The molecule has 4 rings (SSSR count). The third kappa shape index (κ3) is 7.36. The van der Waals surface area contributed by atoms with Gasteiger partial charge in [-0.3, -0.25) is 4.98 Å². The number of fused-ring (bicyclic) bond motifs is 1. The van der Waals surface area contributed by atoms with Crippen LogP contribution in [0.4, 0.5) is 0 Å². The SMILES string of the molecule is Cc1ccc(C)nc1.Cc1ccc(C)s1.Cc1ccc2ccc(C)cc2c1. The Kier molecular flexibility index (Phi) is 7.75. The van der Waals surface area contributed by atoms with Crippen LogP contribution in [0.1, 0.15) is 32.1 Å². The lowest BCUT2D eigenvalue weighted by atomic mass is 10.1. The van der Waals surface area contributed by atoms with Crippen molar-refractivity contribution in [3.05, 3.63) is 99.0 Å². The van der Waals surface area contributed by atoms with Crippen molar-refractivity contribution in [1.29, 1.82) is 0 Å². The van der Waals surface area contributed by atoms with Gasteiger partial charge >= 0.3 is 0 Å². The second-order valence-electron chi connectivity index (χ2n) is 6.99. The van der Waals surface area contributed by atoms with Crippen LogP contribution >= 0.6 is 11.3 Å². The number of rotatable bonds is 0. The normalized spacial score (nSPS) is 9.85. The first-order chi connectivity index (χ1) is 12.8. The Bertz CT molecular complexity index is 907. The molecule has 0 aliphatic rings. The van der Waals surface area contributed by atoms with Crippen molar-refractivity contribution >= 4 is 22.1 Å². The van der Waals surface area contributed by atoms with Gasteiger partial charge in [-0.15, -0.1) is 11.3 Å². The van der Waals surface area contributed by atoms with E-state index in [0.29, 0.717) is 0 Å². The number of aryl methyl sites for hydroxylation is 6. The summed E-state index contributed by atoms with van der Waals surface area (Å²) < 4.78 is 0. The average molecular weight is 376 g/mol. The van der Waals surface area contributed by atoms with E-state index in [4.69, 9.17) is 0 Å². The summed E-state index contributed by atoms with van der Waals surface area (Å²) >= 11 is 1.84. The predicted octanol–water partition coefficient (Wildman–Crippen LogP) is 7.52. The molecule has 0 N–H and O–H groups in total. The smallest absolute Gasteiger partial charge is 0.0372 e. The molecule has 0 bridgehead atoms. The highest BCUT2D eigenvalue weighted by Crippen LogP contribution is 2.16. The van der Waals surface area contributed by atoms with Gasteiger partial charge in [0, 0.05) is 21.6 Å². The van der Waals surface area contributed by atoms with Gasteiger partial charge in [0.25, 0.3) is 0 Å². The van der Waals surface area contributed by atoms with Crippen LogP contribution in [0.5, 0.6) is 0 Å². The fourth-order valence-electron chi connectivity index (χ4n) is 2.58. The van der Waals surface area contributed by atoms with E-state index in [1.54, 1.807) is 0 Å². The maximum atomic E-state index is 4.08. The highest BCUT2D eigenvalue weighted by Gasteiger charge is 1.92. The molecule has 0 radical (unpaired) electrons. The maximum Gasteiger partial charge on any atom is 0.0372 e. The first kappa shape index (κ1) is 20.9. The zero-order valence-electron chi connectivity index (χ0n) is 17.2. The molecule has 1 nitrogen and oxygen atoms in total. The lowest BCUT2D eigenvalue weighted by Crippen LogP contribution is -1.78. The van der Waals surface area contributed by atoms with Gasteiger partial charge in [-0.1, -0.05) is 53.6 Å². The highest BCUT2D eigenvalue weighted by atomic mass is 32.1. The van der Waals surface area contributed by atoms with Crippen LogP contribution in [0.2, 0.25) is 0 Å². The average Bonchev–Trinajstić information content (AvgIpc) is 3.01. The molecule has 140 valence electrons. The van der Waals surface area contributed by atoms with Crippen molar-refractivity contribution in [3.8, 4) is 0 Å². The van der Waals surface area contributed by atoms with Gasteiger partial charge in [-0.2, -0.15) is 0 Å². The number of thiophene rings is 1. The fraction of sp³-hybridized carbons (Fsp3) is 0.240. The molecular formula is C25H29NS. The minimum Gasteiger partial charge on any atom is -0.261 e. The fourth-order valence-corrected chi connectivity index (χ4v) is 3.36. The third-order valence-electron chi connectivity index (χ3n) is 4.09. The quantitative estimate of drug-likeness (QED) is 0.310. The largest absolute Gasteiger partial charge is 0.261 e. The van der Waals surface area contributed by atoms with Crippen LogP contribution in [0, 0.1) is 41.5 Å². The number of aromatic nitrogens is 1. The summed E-state index contributed by atoms with van der Waals surface area (Å²) in [7, 11) is 0. The topological polar surface area (TPSA) is 12.9 Å². The Balaban J connectivity index is 0.000000153. The molecule has 2 aromatic heterocycles. The van der Waals surface area contributed by atoms with Crippen LogP contribution < -0.4 is 0 Å². The zero-order valence-corrected chi connectivity index (χ0v) is 18.0. The molecule has 0 aliphatic heterocycles.